The van der Waals surface area contributed by atoms with Gasteiger partial charge in [-0.15, -0.1) is 0 Å². The highest BCUT2D eigenvalue weighted by Gasteiger charge is 2.20. The number of carbonyl (C=O) groups excluding carboxylic acids is 1. The molecule has 0 unspecified atom stereocenters. The van der Waals surface area contributed by atoms with Crippen LogP contribution in [0.1, 0.15) is 16.1 Å². The number of furan rings is 1. The fourth-order valence-corrected chi connectivity index (χ4v) is 3.17. The van der Waals surface area contributed by atoms with Crippen molar-refractivity contribution < 1.29 is 13.9 Å². The molecule has 3 rings (SSSR count). The van der Waals surface area contributed by atoms with Gasteiger partial charge in [-0.3, -0.25) is 0 Å². The van der Waals surface area contributed by atoms with Crippen molar-refractivity contribution in [3.8, 4) is 5.75 Å². The number of carbonyl (C=O) groups is 1. The lowest BCUT2D eigenvalue weighted by Gasteiger charge is -2.05. The van der Waals surface area contributed by atoms with Crippen molar-refractivity contribution >= 4 is 60.4 Å². The molecule has 0 N–H and O–H groups in total. The molecule has 0 spiro atoms. The average molecular weight is 445 g/mol. The number of benzene rings is 2. The third-order valence-corrected chi connectivity index (χ3v) is 4.46. The summed E-state index contributed by atoms with van der Waals surface area (Å²) in [7, 11) is 0. The third kappa shape index (κ3) is 2.93. The fraction of sp³-hybridized carbons (Fsp3) is 0.0625. The molecule has 0 bridgehead atoms. The highest BCUT2D eigenvalue weighted by molar-refractivity contribution is 9.10. The quantitative estimate of drug-likeness (QED) is 0.352. The minimum atomic E-state index is -0.575. The Kier molecular flexibility index (Phi) is 4.30. The summed E-state index contributed by atoms with van der Waals surface area (Å²) >= 11 is 12.8. The standard InChI is InChI=1S/C16H9Br2ClO3/c1-8-11-6-9(17)2-4-13(11)21-15(8)16(20)22-14-5-3-10(18)7-12(14)19/h2-7H,1H3. The van der Waals surface area contributed by atoms with E-state index in [0.29, 0.717) is 10.6 Å². The first-order valence-electron chi connectivity index (χ1n) is 6.31. The molecule has 0 atom stereocenters. The zero-order chi connectivity index (χ0) is 15.9. The molecular formula is C16H9Br2ClO3. The number of aryl methyl sites for hydroxylation is 1. The topological polar surface area (TPSA) is 39.4 Å². The largest absolute Gasteiger partial charge is 0.449 e. The normalized spacial score (nSPS) is 10.9. The van der Waals surface area contributed by atoms with Crippen LogP contribution >= 0.6 is 43.5 Å². The lowest BCUT2D eigenvalue weighted by atomic mass is 10.1. The summed E-state index contributed by atoms with van der Waals surface area (Å²) in [6.07, 6.45) is 0. The molecule has 1 heterocycles. The molecule has 0 radical (unpaired) electrons. The number of fused-ring (bicyclic) bond motifs is 1. The lowest BCUT2D eigenvalue weighted by molar-refractivity contribution is 0.0703. The predicted molar refractivity (Wildman–Crippen MR) is 92.8 cm³/mol. The maximum atomic E-state index is 12.3. The Morgan fingerprint density at radius 3 is 2.55 bits per heavy atom. The Morgan fingerprint density at radius 1 is 1.14 bits per heavy atom. The van der Waals surface area contributed by atoms with Gasteiger partial charge in [0.05, 0.1) is 5.02 Å². The van der Waals surface area contributed by atoms with Crippen LogP contribution in [0.5, 0.6) is 5.75 Å². The first-order chi connectivity index (χ1) is 10.5. The molecule has 0 aliphatic carbocycles. The Hall–Kier alpha value is -1.30. The highest BCUT2D eigenvalue weighted by Crippen LogP contribution is 2.31. The van der Waals surface area contributed by atoms with Crippen LogP contribution in [-0.2, 0) is 0 Å². The second kappa shape index (κ2) is 6.07. The van der Waals surface area contributed by atoms with Gasteiger partial charge in [-0.1, -0.05) is 43.5 Å². The van der Waals surface area contributed by atoms with Crippen molar-refractivity contribution in [2.24, 2.45) is 0 Å². The third-order valence-electron chi connectivity index (χ3n) is 3.18. The van der Waals surface area contributed by atoms with Crippen LogP contribution < -0.4 is 4.74 Å². The highest BCUT2D eigenvalue weighted by atomic mass is 79.9. The minimum Gasteiger partial charge on any atom is -0.449 e. The molecule has 0 amide bonds. The van der Waals surface area contributed by atoms with Crippen molar-refractivity contribution in [1.29, 1.82) is 0 Å². The van der Waals surface area contributed by atoms with E-state index in [4.69, 9.17) is 20.8 Å². The first kappa shape index (κ1) is 15.6. The van der Waals surface area contributed by atoms with Crippen molar-refractivity contribution in [2.45, 2.75) is 6.92 Å². The van der Waals surface area contributed by atoms with Crippen LogP contribution in [0.15, 0.2) is 49.8 Å². The van der Waals surface area contributed by atoms with Gasteiger partial charge in [0, 0.05) is 19.9 Å². The molecular weight excluding hydrogens is 435 g/mol. The van der Waals surface area contributed by atoms with Gasteiger partial charge in [0.25, 0.3) is 0 Å². The van der Waals surface area contributed by atoms with Crippen LogP contribution in [-0.4, -0.2) is 5.97 Å². The van der Waals surface area contributed by atoms with E-state index >= 15 is 0 Å². The first-order valence-corrected chi connectivity index (χ1v) is 8.28. The fourth-order valence-electron chi connectivity index (χ4n) is 2.09. The van der Waals surface area contributed by atoms with Crippen molar-refractivity contribution in [3.05, 3.63) is 61.7 Å². The number of ether oxygens (including phenoxy) is 1. The maximum Gasteiger partial charge on any atom is 0.379 e. The van der Waals surface area contributed by atoms with Crippen LogP contribution in [0.3, 0.4) is 0 Å². The molecule has 0 fully saturated rings. The molecule has 6 heteroatoms. The molecule has 3 nitrogen and oxygen atoms in total. The second-order valence-electron chi connectivity index (χ2n) is 4.66. The van der Waals surface area contributed by atoms with Crippen molar-refractivity contribution in [3.63, 3.8) is 0 Å². The van der Waals surface area contributed by atoms with E-state index in [1.807, 2.05) is 19.1 Å². The Morgan fingerprint density at radius 2 is 1.82 bits per heavy atom. The lowest BCUT2D eigenvalue weighted by Crippen LogP contribution is -2.09. The van der Waals surface area contributed by atoms with Crippen LogP contribution in [0.25, 0.3) is 11.0 Å². The van der Waals surface area contributed by atoms with Gasteiger partial charge < -0.3 is 9.15 Å². The van der Waals surface area contributed by atoms with E-state index < -0.39 is 5.97 Å². The van der Waals surface area contributed by atoms with E-state index in [9.17, 15) is 4.79 Å². The van der Waals surface area contributed by atoms with Crippen LogP contribution in [0, 0.1) is 6.92 Å². The molecule has 22 heavy (non-hydrogen) atoms. The zero-order valence-corrected chi connectivity index (χ0v) is 15.3. The van der Waals surface area contributed by atoms with E-state index in [1.54, 1.807) is 24.3 Å². The summed E-state index contributed by atoms with van der Waals surface area (Å²) in [5, 5.41) is 1.21. The molecule has 0 aliphatic rings. The average Bonchev–Trinajstić information content (AvgIpc) is 2.79. The predicted octanol–water partition coefficient (Wildman–Crippen LogP) is 6.14. The molecule has 0 saturated carbocycles. The summed E-state index contributed by atoms with van der Waals surface area (Å²) in [4.78, 5) is 12.3. The van der Waals surface area contributed by atoms with Gasteiger partial charge in [0.2, 0.25) is 5.76 Å². The number of hydrogen-bond donors (Lipinski definition) is 0. The number of esters is 1. The van der Waals surface area contributed by atoms with Gasteiger partial charge in [0.15, 0.2) is 0 Å². The Labute approximate surface area is 148 Å². The molecule has 0 saturated heterocycles. The smallest absolute Gasteiger partial charge is 0.379 e. The van der Waals surface area contributed by atoms with Crippen molar-refractivity contribution in [2.75, 3.05) is 0 Å². The van der Waals surface area contributed by atoms with E-state index in [-0.39, 0.29) is 11.5 Å². The zero-order valence-electron chi connectivity index (χ0n) is 11.3. The van der Waals surface area contributed by atoms with Crippen LogP contribution in [0.2, 0.25) is 5.02 Å². The number of hydrogen-bond acceptors (Lipinski definition) is 3. The minimum absolute atomic E-state index is 0.173. The SMILES string of the molecule is Cc1c(C(=O)Oc2ccc(Br)cc2Cl)oc2ccc(Br)cc12. The molecule has 1 aromatic heterocycles. The van der Waals surface area contributed by atoms with Gasteiger partial charge in [0.1, 0.15) is 11.3 Å². The van der Waals surface area contributed by atoms with Gasteiger partial charge >= 0.3 is 5.97 Å². The van der Waals surface area contributed by atoms with Gasteiger partial charge in [-0.25, -0.2) is 4.79 Å². The van der Waals surface area contributed by atoms with Crippen molar-refractivity contribution in [1.82, 2.24) is 0 Å². The monoisotopic (exact) mass is 442 g/mol. The van der Waals surface area contributed by atoms with E-state index in [0.717, 1.165) is 19.9 Å². The van der Waals surface area contributed by atoms with Gasteiger partial charge in [-0.05, 0) is 43.3 Å². The molecule has 2 aromatic carbocycles. The summed E-state index contributed by atoms with van der Waals surface area (Å²) < 4.78 is 12.7. The van der Waals surface area contributed by atoms with E-state index in [2.05, 4.69) is 31.9 Å². The summed E-state index contributed by atoms with van der Waals surface area (Å²) in [6, 6.07) is 10.6. The Bertz CT molecular complexity index is 886. The maximum absolute atomic E-state index is 12.3. The summed E-state index contributed by atoms with van der Waals surface area (Å²) in [6.45, 7) is 1.82. The summed E-state index contributed by atoms with van der Waals surface area (Å²) in [5.74, 6) is -0.114. The number of rotatable bonds is 2. The number of halogens is 3. The molecule has 112 valence electrons. The second-order valence-corrected chi connectivity index (χ2v) is 6.90. The molecule has 0 aliphatic heterocycles. The van der Waals surface area contributed by atoms with Crippen LogP contribution in [0.4, 0.5) is 0 Å². The van der Waals surface area contributed by atoms with E-state index in [1.165, 1.54) is 0 Å². The summed E-state index contributed by atoms with van der Waals surface area (Å²) in [5.41, 5.74) is 1.36. The molecule has 3 aromatic rings. The Balaban J connectivity index is 1.97. The van der Waals surface area contributed by atoms with Gasteiger partial charge in [-0.2, -0.15) is 0 Å².